The molecule has 2 heterocycles. The Morgan fingerprint density at radius 2 is 2.12 bits per heavy atom. The molecular formula is C11H13F3N2. The summed E-state index contributed by atoms with van der Waals surface area (Å²) in [6, 6.07) is 4.12. The van der Waals surface area contributed by atoms with Gasteiger partial charge in [-0.3, -0.25) is 0 Å². The van der Waals surface area contributed by atoms with Crippen LogP contribution < -0.4 is 5.32 Å². The lowest BCUT2D eigenvalue weighted by atomic mass is 9.95. The maximum Gasteiger partial charge on any atom is 0.433 e. The molecule has 1 saturated heterocycles. The molecule has 16 heavy (non-hydrogen) atoms. The molecule has 1 aromatic heterocycles. The normalized spacial score (nSPS) is 22.1. The first-order valence-corrected chi connectivity index (χ1v) is 5.32. The van der Waals surface area contributed by atoms with Crippen molar-refractivity contribution in [1.82, 2.24) is 10.3 Å². The molecule has 0 spiro atoms. The van der Waals surface area contributed by atoms with Crippen molar-refractivity contribution >= 4 is 0 Å². The van der Waals surface area contributed by atoms with E-state index in [1.165, 1.54) is 6.07 Å². The molecule has 88 valence electrons. The number of aromatic nitrogens is 1. The summed E-state index contributed by atoms with van der Waals surface area (Å²) in [6.45, 7) is 1.66. The first-order chi connectivity index (χ1) is 7.57. The molecule has 2 nitrogen and oxygen atoms in total. The predicted molar refractivity (Wildman–Crippen MR) is 54.1 cm³/mol. The van der Waals surface area contributed by atoms with Gasteiger partial charge in [0.2, 0.25) is 0 Å². The van der Waals surface area contributed by atoms with Crippen LogP contribution in [0.25, 0.3) is 0 Å². The first kappa shape index (κ1) is 11.4. The molecule has 1 aliphatic rings. The van der Waals surface area contributed by atoms with E-state index < -0.39 is 11.9 Å². The molecule has 0 unspecified atom stereocenters. The highest BCUT2D eigenvalue weighted by molar-refractivity contribution is 5.17. The van der Waals surface area contributed by atoms with Crippen LogP contribution in [-0.2, 0) is 6.18 Å². The highest BCUT2D eigenvalue weighted by atomic mass is 19.4. The van der Waals surface area contributed by atoms with Crippen molar-refractivity contribution in [3.05, 3.63) is 29.6 Å². The topological polar surface area (TPSA) is 24.9 Å². The Hall–Kier alpha value is -1.10. The Labute approximate surface area is 91.9 Å². The Balaban J connectivity index is 2.21. The molecule has 0 saturated carbocycles. The minimum Gasteiger partial charge on any atom is -0.316 e. The van der Waals surface area contributed by atoms with Crippen molar-refractivity contribution < 1.29 is 13.2 Å². The van der Waals surface area contributed by atoms with Crippen LogP contribution in [0.2, 0.25) is 0 Å². The van der Waals surface area contributed by atoms with Crippen molar-refractivity contribution in [1.29, 1.82) is 0 Å². The van der Waals surface area contributed by atoms with Crippen LogP contribution >= 0.6 is 0 Å². The summed E-state index contributed by atoms with van der Waals surface area (Å²) in [6.07, 6.45) is -2.46. The molecule has 0 aromatic carbocycles. The van der Waals surface area contributed by atoms with E-state index in [2.05, 4.69) is 10.3 Å². The molecule has 1 aromatic rings. The average Bonchev–Trinajstić information content (AvgIpc) is 2.29. The summed E-state index contributed by atoms with van der Waals surface area (Å²) in [5.41, 5.74) is -0.252. The van der Waals surface area contributed by atoms with Crippen molar-refractivity contribution in [2.75, 3.05) is 13.1 Å². The van der Waals surface area contributed by atoms with Gasteiger partial charge in [-0.15, -0.1) is 0 Å². The standard InChI is InChI=1S/C11H13F3N2/c12-11(13,14)10-5-1-4-9(16-10)8-3-2-6-15-7-8/h1,4-5,8,15H,2-3,6-7H2/t8-/m0/s1. The van der Waals surface area contributed by atoms with E-state index in [-0.39, 0.29) is 5.92 Å². The van der Waals surface area contributed by atoms with Gasteiger partial charge < -0.3 is 5.32 Å². The molecule has 2 rings (SSSR count). The van der Waals surface area contributed by atoms with Gasteiger partial charge in [0.05, 0.1) is 0 Å². The summed E-state index contributed by atoms with van der Waals surface area (Å²) in [7, 11) is 0. The van der Waals surface area contributed by atoms with Crippen molar-refractivity contribution in [2.45, 2.75) is 24.9 Å². The maximum absolute atomic E-state index is 12.5. The lowest BCUT2D eigenvalue weighted by molar-refractivity contribution is -0.141. The van der Waals surface area contributed by atoms with Crippen LogP contribution in [0.15, 0.2) is 18.2 Å². The molecule has 0 amide bonds. The van der Waals surface area contributed by atoms with Gasteiger partial charge >= 0.3 is 6.18 Å². The fourth-order valence-corrected chi connectivity index (χ4v) is 1.94. The molecule has 1 atom stereocenters. The van der Waals surface area contributed by atoms with Gasteiger partial charge in [-0.05, 0) is 31.5 Å². The Morgan fingerprint density at radius 1 is 1.31 bits per heavy atom. The van der Waals surface area contributed by atoms with Crippen molar-refractivity contribution in [3.8, 4) is 0 Å². The van der Waals surface area contributed by atoms with Crippen molar-refractivity contribution in [2.24, 2.45) is 0 Å². The smallest absolute Gasteiger partial charge is 0.316 e. The average molecular weight is 230 g/mol. The minimum absolute atomic E-state index is 0.107. The number of pyridine rings is 1. The van der Waals surface area contributed by atoms with Gasteiger partial charge in [0.15, 0.2) is 0 Å². The second-order valence-electron chi connectivity index (χ2n) is 3.99. The number of hydrogen-bond donors (Lipinski definition) is 1. The van der Waals surface area contributed by atoms with Crippen LogP contribution in [-0.4, -0.2) is 18.1 Å². The highest BCUT2D eigenvalue weighted by Gasteiger charge is 2.33. The highest BCUT2D eigenvalue weighted by Crippen LogP contribution is 2.29. The molecule has 0 bridgehead atoms. The lowest BCUT2D eigenvalue weighted by Crippen LogP contribution is -2.29. The summed E-state index contributed by atoms with van der Waals surface area (Å²) in [5, 5.41) is 3.17. The second-order valence-corrected chi connectivity index (χ2v) is 3.99. The van der Waals surface area contributed by atoms with Crippen LogP contribution in [0.4, 0.5) is 13.2 Å². The lowest BCUT2D eigenvalue weighted by Gasteiger charge is -2.22. The number of hydrogen-bond acceptors (Lipinski definition) is 2. The zero-order valence-corrected chi connectivity index (χ0v) is 8.72. The maximum atomic E-state index is 12.5. The molecular weight excluding hydrogens is 217 g/mol. The number of nitrogens with zero attached hydrogens (tertiary/aromatic N) is 1. The van der Waals surface area contributed by atoms with E-state index in [4.69, 9.17) is 0 Å². The third-order valence-electron chi connectivity index (χ3n) is 2.78. The van der Waals surface area contributed by atoms with E-state index >= 15 is 0 Å². The fraction of sp³-hybridized carbons (Fsp3) is 0.545. The van der Waals surface area contributed by atoms with Crippen LogP contribution in [0.1, 0.15) is 30.1 Å². The fourth-order valence-electron chi connectivity index (χ4n) is 1.94. The molecule has 1 aliphatic heterocycles. The van der Waals surface area contributed by atoms with E-state index in [9.17, 15) is 13.2 Å². The minimum atomic E-state index is -4.35. The van der Waals surface area contributed by atoms with Crippen LogP contribution in [0.5, 0.6) is 0 Å². The Kier molecular flexibility index (Phi) is 3.14. The SMILES string of the molecule is FC(F)(F)c1cccc([C@H]2CCCNC2)n1. The molecule has 0 radical (unpaired) electrons. The summed E-state index contributed by atoms with van der Waals surface area (Å²) < 4.78 is 37.4. The zero-order valence-electron chi connectivity index (χ0n) is 8.72. The predicted octanol–water partition coefficient (Wildman–Crippen LogP) is 2.57. The number of alkyl halides is 3. The summed E-state index contributed by atoms with van der Waals surface area (Å²) in [4.78, 5) is 3.70. The van der Waals surface area contributed by atoms with Gasteiger partial charge in [-0.1, -0.05) is 6.07 Å². The molecule has 1 fully saturated rings. The van der Waals surface area contributed by atoms with Gasteiger partial charge in [-0.2, -0.15) is 13.2 Å². The zero-order chi connectivity index (χ0) is 11.6. The Bertz CT molecular complexity index is 356. The number of halogens is 3. The quantitative estimate of drug-likeness (QED) is 0.802. The first-order valence-electron chi connectivity index (χ1n) is 5.32. The second kappa shape index (κ2) is 4.41. The van der Waals surface area contributed by atoms with Crippen molar-refractivity contribution in [3.63, 3.8) is 0 Å². The largest absolute Gasteiger partial charge is 0.433 e. The number of nitrogens with one attached hydrogen (secondary N) is 1. The molecule has 0 aliphatic carbocycles. The van der Waals surface area contributed by atoms with E-state index in [1.54, 1.807) is 6.07 Å². The van der Waals surface area contributed by atoms with Gasteiger partial charge in [0, 0.05) is 18.2 Å². The van der Waals surface area contributed by atoms with Crippen LogP contribution in [0, 0.1) is 0 Å². The summed E-state index contributed by atoms with van der Waals surface area (Å²) >= 11 is 0. The van der Waals surface area contributed by atoms with E-state index in [0.29, 0.717) is 12.2 Å². The number of piperidine rings is 1. The molecule has 1 N–H and O–H groups in total. The third-order valence-corrected chi connectivity index (χ3v) is 2.78. The van der Waals surface area contributed by atoms with Gasteiger partial charge in [-0.25, -0.2) is 4.98 Å². The molecule has 5 heteroatoms. The number of rotatable bonds is 1. The summed E-state index contributed by atoms with van der Waals surface area (Å²) in [5.74, 6) is 0.107. The Morgan fingerprint density at radius 3 is 2.75 bits per heavy atom. The van der Waals surface area contributed by atoms with E-state index in [0.717, 1.165) is 25.5 Å². The van der Waals surface area contributed by atoms with Crippen LogP contribution in [0.3, 0.4) is 0 Å². The monoisotopic (exact) mass is 230 g/mol. The third kappa shape index (κ3) is 2.52. The van der Waals surface area contributed by atoms with Gasteiger partial charge in [0.1, 0.15) is 5.69 Å². The van der Waals surface area contributed by atoms with E-state index in [1.807, 2.05) is 0 Å². The van der Waals surface area contributed by atoms with Gasteiger partial charge in [0.25, 0.3) is 0 Å².